The zero-order valence-corrected chi connectivity index (χ0v) is 7.05. The molecule has 0 aromatic carbocycles. The third-order valence-electron chi connectivity index (χ3n) is 1.39. The molecule has 0 amide bonds. The molecule has 0 aliphatic rings. The van der Waals surface area contributed by atoms with Gasteiger partial charge >= 0.3 is 0 Å². The first-order valence-electron chi connectivity index (χ1n) is 3.06. The molecule has 0 fully saturated rings. The van der Waals surface area contributed by atoms with Gasteiger partial charge < -0.3 is 9.30 Å². The Hall–Kier alpha value is -0.960. The van der Waals surface area contributed by atoms with E-state index < -0.39 is 0 Å². The molecule has 0 saturated carbocycles. The highest BCUT2D eigenvalue weighted by molar-refractivity contribution is 6.31. The van der Waals surface area contributed by atoms with Gasteiger partial charge in [0, 0.05) is 13.2 Å². The fourth-order valence-corrected chi connectivity index (χ4v) is 1.01. The van der Waals surface area contributed by atoms with Crippen LogP contribution in [0.2, 0.25) is 5.02 Å². The lowest BCUT2D eigenvalue weighted by Crippen LogP contribution is -2.16. The zero-order valence-electron chi connectivity index (χ0n) is 6.30. The second-order valence-corrected chi connectivity index (χ2v) is 2.49. The van der Waals surface area contributed by atoms with Gasteiger partial charge in [-0.15, -0.1) is 0 Å². The van der Waals surface area contributed by atoms with E-state index in [4.69, 9.17) is 16.3 Å². The minimum atomic E-state index is -0.244. The van der Waals surface area contributed by atoms with Crippen LogP contribution in [-0.2, 0) is 7.05 Å². The van der Waals surface area contributed by atoms with Crippen LogP contribution in [-0.4, -0.2) is 11.7 Å². The molecule has 4 heteroatoms. The average Bonchev–Trinajstić information content (AvgIpc) is 2.01. The predicted octanol–water partition coefficient (Wildman–Crippen LogP) is 1.05. The highest BCUT2D eigenvalue weighted by atomic mass is 35.5. The zero-order chi connectivity index (χ0) is 8.43. The van der Waals surface area contributed by atoms with Crippen molar-refractivity contribution in [1.29, 1.82) is 0 Å². The number of methoxy groups -OCH3 is 1. The lowest BCUT2D eigenvalue weighted by Gasteiger charge is -2.02. The maximum absolute atomic E-state index is 11.1. The summed E-state index contributed by atoms with van der Waals surface area (Å²) in [6.07, 6.45) is 1.60. The maximum Gasteiger partial charge on any atom is 0.272 e. The van der Waals surface area contributed by atoms with Crippen LogP contribution in [0, 0.1) is 0 Å². The van der Waals surface area contributed by atoms with Gasteiger partial charge in [0.1, 0.15) is 10.8 Å². The molecule has 60 valence electrons. The number of aromatic nitrogens is 1. The topological polar surface area (TPSA) is 31.2 Å². The second kappa shape index (κ2) is 2.96. The Labute approximate surface area is 69.2 Å². The number of hydrogen-bond donors (Lipinski definition) is 0. The summed E-state index contributed by atoms with van der Waals surface area (Å²) in [5.74, 6) is 0.412. The lowest BCUT2D eigenvalue weighted by atomic mass is 10.4. The van der Waals surface area contributed by atoms with Gasteiger partial charge in [0.05, 0.1) is 7.11 Å². The molecule has 0 N–H and O–H groups in total. The molecule has 3 nitrogen and oxygen atoms in total. The summed E-state index contributed by atoms with van der Waals surface area (Å²) < 4.78 is 6.23. The van der Waals surface area contributed by atoms with Crippen LogP contribution in [0.3, 0.4) is 0 Å². The summed E-state index contributed by atoms with van der Waals surface area (Å²) in [4.78, 5) is 11.1. The fourth-order valence-electron chi connectivity index (χ4n) is 0.738. The molecular weight excluding hydrogens is 166 g/mol. The van der Waals surface area contributed by atoms with Gasteiger partial charge in [0.2, 0.25) is 0 Å². The van der Waals surface area contributed by atoms with E-state index in [-0.39, 0.29) is 10.6 Å². The van der Waals surface area contributed by atoms with Crippen molar-refractivity contribution in [1.82, 2.24) is 4.57 Å². The van der Waals surface area contributed by atoms with E-state index in [1.807, 2.05) is 0 Å². The van der Waals surface area contributed by atoms with Crippen molar-refractivity contribution in [3.8, 4) is 5.75 Å². The molecule has 11 heavy (non-hydrogen) atoms. The van der Waals surface area contributed by atoms with Crippen LogP contribution in [0.15, 0.2) is 17.1 Å². The van der Waals surface area contributed by atoms with Gasteiger partial charge in [-0.2, -0.15) is 0 Å². The summed E-state index contributed by atoms with van der Waals surface area (Å²) in [7, 11) is 3.11. The van der Waals surface area contributed by atoms with E-state index in [1.54, 1.807) is 19.3 Å². The molecule has 1 rings (SSSR count). The van der Waals surface area contributed by atoms with Crippen LogP contribution < -0.4 is 10.3 Å². The first-order chi connectivity index (χ1) is 5.16. The van der Waals surface area contributed by atoms with Gasteiger partial charge in [0.25, 0.3) is 5.56 Å². The Morgan fingerprint density at radius 3 is 2.82 bits per heavy atom. The summed E-state index contributed by atoms with van der Waals surface area (Å²) in [6.45, 7) is 0. The lowest BCUT2D eigenvalue weighted by molar-refractivity contribution is 0.413. The van der Waals surface area contributed by atoms with Crippen molar-refractivity contribution in [3.05, 3.63) is 27.6 Å². The monoisotopic (exact) mass is 173 g/mol. The first-order valence-corrected chi connectivity index (χ1v) is 3.43. The molecule has 0 atom stereocenters. The summed E-state index contributed by atoms with van der Waals surface area (Å²) >= 11 is 5.64. The third-order valence-corrected chi connectivity index (χ3v) is 1.74. The number of halogens is 1. The number of ether oxygens (including phenoxy) is 1. The van der Waals surface area contributed by atoms with E-state index in [9.17, 15) is 4.79 Å². The summed E-state index contributed by atoms with van der Waals surface area (Å²) in [5.41, 5.74) is -0.244. The number of aryl methyl sites for hydroxylation is 1. The minimum absolute atomic E-state index is 0.123. The number of nitrogens with zero attached hydrogens (tertiary/aromatic N) is 1. The molecule has 0 bridgehead atoms. The van der Waals surface area contributed by atoms with Crippen LogP contribution in [0.1, 0.15) is 0 Å². The normalized spacial score (nSPS) is 9.73. The summed E-state index contributed by atoms with van der Waals surface area (Å²) in [5, 5.41) is 0.123. The highest BCUT2D eigenvalue weighted by Gasteiger charge is 2.04. The molecule has 0 aliphatic carbocycles. The van der Waals surface area contributed by atoms with Crippen molar-refractivity contribution in [2.24, 2.45) is 7.05 Å². The van der Waals surface area contributed by atoms with Crippen LogP contribution in [0.5, 0.6) is 5.75 Å². The molecular formula is C7H8ClNO2. The van der Waals surface area contributed by atoms with Crippen molar-refractivity contribution in [2.75, 3.05) is 7.11 Å². The standard InChI is InChI=1S/C7H8ClNO2/c1-9-4-3-5(11-2)6(8)7(9)10/h3-4H,1-2H3. The van der Waals surface area contributed by atoms with E-state index >= 15 is 0 Å². The molecule has 0 saturated heterocycles. The fraction of sp³-hybridized carbons (Fsp3) is 0.286. The number of rotatable bonds is 1. The quantitative estimate of drug-likeness (QED) is 0.636. The van der Waals surface area contributed by atoms with Gasteiger partial charge in [-0.25, -0.2) is 0 Å². The maximum atomic E-state index is 11.1. The number of hydrogen-bond acceptors (Lipinski definition) is 2. The highest BCUT2D eigenvalue weighted by Crippen LogP contribution is 2.17. The van der Waals surface area contributed by atoms with E-state index in [0.717, 1.165) is 0 Å². The molecule has 0 unspecified atom stereocenters. The van der Waals surface area contributed by atoms with E-state index in [1.165, 1.54) is 11.7 Å². The largest absolute Gasteiger partial charge is 0.495 e. The summed E-state index contributed by atoms with van der Waals surface area (Å²) in [6, 6.07) is 1.64. The van der Waals surface area contributed by atoms with Crippen LogP contribution >= 0.6 is 11.6 Å². The van der Waals surface area contributed by atoms with Crippen LogP contribution in [0.25, 0.3) is 0 Å². The van der Waals surface area contributed by atoms with Gasteiger partial charge in [-0.3, -0.25) is 4.79 Å². The van der Waals surface area contributed by atoms with Gasteiger partial charge in [-0.05, 0) is 6.07 Å². The SMILES string of the molecule is COc1ccn(C)c(=O)c1Cl. The Morgan fingerprint density at radius 2 is 2.27 bits per heavy atom. The minimum Gasteiger partial charge on any atom is -0.495 e. The molecule has 0 spiro atoms. The van der Waals surface area contributed by atoms with Gasteiger partial charge in [0.15, 0.2) is 0 Å². The predicted molar refractivity (Wildman–Crippen MR) is 43.2 cm³/mol. The third kappa shape index (κ3) is 1.38. The van der Waals surface area contributed by atoms with Crippen molar-refractivity contribution < 1.29 is 4.74 Å². The molecule has 0 radical (unpaired) electrons. The Bertz CT molecular complexity index is 319. The van der Waals surface area contributed by atoms with Crippen molar-refractivity contribution >= 4 is 11.6 Å². The smallest absolute Gasteiger partial charge is 0.272 e. The molecule has 0 aliphatic heterocycles. The number of pyridine rings is 1. The molecule has 1 heterocycles. The van der Waals surface area contributed by atoms with Crippen LogP contribution in [0.4, 0.5) is 0 Å². The van der Waals surface area contributed by atoms with Crippen molar-refractivity contribution in [3.63, 3.8) is 0 Å². The van der Waals surface area contributed by atoms with E-state index in [2.05, 4.69) is 0 Å². The Morgan fingerprint density at radius 1 is 1.64 bits per heavy atom. The first kappa shape index (κ1) is 8.14. The van der Waals surface area contributed by atoms with E-state index in [0.29, 0.717) is 5.75 Å². The van der Waals surface area contributed by atoms with Crippen molar-refractivity contribution in [2.45, 2.75) is 0 Å². The molecule has 1 aromatic heterocycles. The molecule has 1 aromatic rings. The Kier molecular flexibility index (Phi) is 2.19. The Balaban J connectivity index is 3.37. The second-order valence-electron chi connectivity index (χ2n) is 2.11. The average molecular weight is 174 g/mol. The van der Waals surface area contributed by atoms with Gasteiger partial charge in [-0.1, -0.05) is 11.6 Å².